The van der Waals surface area contributed by atoms with E-state index in [1.165, 1.54) is 5.56 Å². The number of hydrogen-bond acceptors (Lipinski definition) is 5. The molecule has 0 aliphatic heterocycles. The van der Waals surface area contributed by atoms with Crippen LogP contribution in [0.5, 0.6) is 5.75 Å². The van der Waals surface area contributed by atoms with Crippen molar-refractivity contribution < 1.29 is 9.53 Å². The lowest BCUT2D eigenvalue weighted by Gasteiger charge is -2.11. The van der Waals surface area contributed by atoms with Crippen molar-refractivity contribution in [1.29, 1.82) is 0 Å². The Kier molecular flexibility index (Phi) is 6.57. The van der Waals surface area contributed by atoms with Crippen LogP contribution in [-0.2, 0) is 13.0 Å². The number of nitrogens with one attached hydrogen (secondary N) is 2. The lowest BCUT2D eigenvalue weighted by Crippen LogP contribution is -2.27. The summed E-state index contributed by atoms with van der Waals surface area (Å²) in [6.45, 7) is 2.86. The van der Waals surface area contributed by atoms with E-state index in [0.717, 1.165) is 17.7 Å². The van der Waals surface area contributed by atoms with Crippen molar-refractivity contribution in [3.05, 3.63) is 83.3 Å². The van der Waals surface area contributed by atoms with Crippen molar-refractivity contribution in [2.75, 3.05) is 19.0 Å². The van der Waals surface area contributed by atoms with Crippen LogP contribution in [-0.4, -0.2) is 29.5 Å². The van der Waals surface area contributed by atoms with Crippen LogP contribution in [0.2, 0.25) is 0 Å². The summed E-state index contributed by atoms with van der Waals surface area (Å²) in [5, 5.41) is 6.16. The van der Waals surface area contributed by atoms with E-state index in [0.29, 0.717) is 30.4 Å². The fourth-order valence-electron chi connectivity index (χ4n) is 2.86. The second-order valence-electron chi connectivity index (χ2n) is 6.34. The molecule has 0 saturated carbocycles. The molecule has 0 saturated heterocycles. The molecule has 0 aliphatic rings. The summed E-state index contributed by atoms with van der Waals surface area (Å²) >= 11 is 0. The highest BCUT2D eigenvalue weighted by molar-refractivity contribution is 5.92. The maximum absolute atomic E-state index is 12.5. The van der Waals surface area contributed by atoms with Gasteiger partial charge in [-0.15, -0.1) is 0 Å². The molecular formula is C22H24N4O2. The van der Waals surface area contributed by atoms with Crippen LogP contribution >= 0.6 is 0 Å². The van der Waals surface area contributed by atoms with Crippen molar-refractivity contribution >= 4 is 11.7 Å². The van der Waals surface area contributed by atoms with Gasteiger partial charge in [-0.25, -0.2) is 9.97 Å². The number of anilines is 1. The molecule has 0 bridgehead atoms. The van der Waals surface area contributed by atoms with Gasteiger partial charge in [0.05, 0.1) is 7.11 Å². The number of nitrogens with zero attached hydrogens (tertiary/aromatic N) is 2. The van der Waals surface area contributed by atoms with Gasteiger partial charge in [0.15, 0.2) is 0 Å². The molecule has 0 atom stereocenters. The number of amides is 1. The second-order valence-corrected chi connectivity index (χ2v) is 6.34. The van der Waals surface area contributed by atoms with Gasteiger partial charge in [0.25, 0.3) is 5.91 Å². The molecule has 0 spiro atoms. The molecule has 0 unspecified atom stereocenters. The summed E-state index contributed by atoms with van der Waals surface area (Å²) in [6, 6.07) is 19.5. The predicted octanol–water partition coefficient (Wildman–Crippen LogP) is 3.38. The topological polar surface area (TPSA) is 76.1 Å². The highest BCUT2D eigenvalue weighted by Crippen LogP contribution is 2.18. The van der Waals surface area contributed by atoms with E-state index in [2.05, 4.69) is 20.6 Å². The fraction of sp³-hybridized carbons (Fsp3) is 0.227. The Labute approximate surface area is 165 Å². The van der Waals surface area contributed by atoms with Crippen molar-refractivity contribution in [3.63, 3.8) is 0 Å². The first-order valence-corrected chi connectivity index (χ1v) is 9.19. The molecule has 2 N–H and O–H groups in total. The van der Waals surface area contributed by atoms with Crippen LogP contribution in [0.3, 0.4) is 0 Å². The van der Waals surface area contributed by atoms with E-state index in [4.69, 9.17) is 4.74 Å². The first kappa shape index (κ1) is 19.4. The number of aromatic nitrogens is 2. The molecule has 6 nitrogen and oxygen atoms in total. The van der Waals surface area contributed by atoms with Gasteiger partial charge in [-0.2, -0.15) is 0 Å². The van der Waals surface area contributed by atoms with Gasteiger partial charge in [-0.3, -0.25) is 4.79 Å². The predicted molar refractivity (Wildman–Crippen MR) is 110 cm³/mol. The lowest BCUT2D eigenvalue weighted by atomic mass is 10.1. The summed E-state index contributed by atoms with van der Waals surface area (Å²) in [5.41, 5.74) is 2.54. The summed E-state index contributed by atoms with van der Waals surface area (Å²) in [7, 11) is 1.64. The lowest BCUT2D eigenvalue weighted by molar-refractivity contribution is 0.0949. The summed E-state index contributed by atoms with van der Waals surface area (Å²) < 4.78 is 5.36. The average Bonchev–Trinajstić information content (AvgIpc) is 2.72. The van der Waals surface area contributed by atoms with Gasteiger partial charge >= 0.3 is 0 Å². The van der Waals surface area contributed by atoms with Gasteiger partial charge in [0.1, 0.15) is 23.1 Å². The molecule has 28 heavy (non-hydrogen) atoms. The van der Waals surface area contributed by atoms with Crippen LogP contribution in [0.25, 0.3) is 0 Å². The van der Waals surface area contributed by atoms with Crippen LogP contribution in [0, 0.1) is 6.92 Å². The second kappa shape index (κ2) is 9.50. The first-order chi connectivity index (χ1) is 13.7. The number of ether oxygens (including phenoxy) is 1. The molecule has 1 heterocycles. The first-order valence-electron chi connectivity index (χ1n) is 9.19. The van der Waals surface area contributed by atoms with Crippen LogP contribution < -0.4 is 15.4 Å². The number of para-hydroxylation sites is 1. The van der Waals surface area contributed by atoms with Crippen molar-refractivity contribution in [2.24, 2.45) is 0 Å². The Morgan fingerprint density at radius 2 is 1.79 bits per heavy atom. The molecule has 0 fully saturated rings. The number of hydrogen-bond donors (Lipinski definition) is 2. The molecule has 1 amide bonds. The zero-order chi connectivity index (χ0) is 19.8. The van der Waals surface area contributed by atoms with E-state index in [-0.39, 0.29) is 5.91 Å². The summed E-state index contributed by atoms with van der Waals surface area (Å²) in [4.78, 5) is 21.1. The van der Waals surface area contributed by atoms with Crippen LogP contribution in [0.4, 0.5) is 5.82 Å². The molecule has 1 aromatic heterocycles. The van der Waals surface area contributed by atoms with E-state index >= 15 is 0 Å². The average molecular weight is 376 g/mol. The highest BCUT2D eigenvalue weighted by Gasteiger charge is 2.11. The quantitative estimate of drug-likeness (QED) is 0.630. The molecule has 0 radical (unpaired) electrons. The molecular weight excluding hydrogens is 352 g/mol. The van der Waals surface area contributed by atoms with Gasteiger partial charge in [-0.05, 0) is 25.0 Å². The Morgan fingerprint density at radius 3 is 2.57 bits per heavy atom. The Hall–Kier alpha value is -3.41. The largest absolute Gasteiger partial charge is 0.496 e. The van der Waals surface area contributed by atoms with Crippen molar-refractivity contribution in [1.82, 2.24) is 15.3 Å². The molecule has 2 aromatic carbocycles. The molecule has 3 rings (SSSR count). The van der Waals surface area contributed by atoms with Gasteiger partial charge < -0.3 is 15.4 Å². The van der Waals surface area contributed by atoms with Crippen LogP contribution in [0.15, 0.2) is 60.7 Å². The smallest absolute Gasteiger partial charge is 0.270 e. The standard InChI is InChI=1S/C22H24N4O2/c1-16-25-19(22(27)23-13-12-17-8-4-3-5-9-17)14-21(26-16)24-15-18-10-6-7-11-20(18)28-2/h3-11,14H,12-13,15H2,1-2H3,(H,23,27)(H,24,25,26). The van der Waals surface area contributed by atoms with Crippen molar-refractivity contribution in [3.8, 4) is 5.75 Å². The Morgan fingerprint density at radius 1 is 1.04 bits per heavy atom. The number of methoxy groups -OCH3 is 1. The van der Waals surface area contributed by atoms with E-state index in [9.17, 15) is 4.79 Å². The fourth-order valence-corrected chi connectivity index (χ4v) is 2.86. The number of benzene rings is 2. The zero-order valence-corrected chi connectivity index (χ0v) is 16.1. The minimum absolute atomic E-state index is 0.207. The number of carbonyl (C=O) groups excluding carboxylic acids is 1. The third-order valence-electron chi connectivity index (χ3n) is 4.27. The van der Waals surface area contributed by atoms with Gasteiger partial charge in [0.2, 0.25) is 0 Å². The minimum Gasteiger partial charge on any atom is -0.496 e. The third kappa shape index (κ3) is 5.30. The molecule has 0 aliphatic carbocycles. The highest BCUT2D eigenvalue weighted by atomic mass is 16.5. The normalized spacial score (nSPS) is 10.4. The maximum atomic E-state index is 12.5. The Balaban J connectivity index is 1.61. The summed E-state index contributed by atoms with van der Waals surface area (Å²) in [5.74, 6) is 1.74. The molecule has 3 aromatic rings. The van der Waals surface area contributed by atoms with E-state index < -0.39 is 0 Å². The van der Waals surface area contributed by atoms with Crippen molar-refractivity contribution in [2.45, 2.75) is 19.9 Å². The Bertz CT molecular complexity index is 929. The monoisotopic (exact) mass is 376 g/mol. The molecule has 144 valence electrons. The number of rotatable bonds is 8. The van der Waals surface area contributed by atoms with Crippen LogP contribution in [0.1, 0.15) is 27.4 Å². The zero-order valence-electron chi connectivity index (χ0n) is 16.1. The van der Waals surface area contributed by atoms with E-state index in [1.807, 2.05) is 54.6 Å². The number of aryl methyl sites for hydroxylation is 1. The van der Waals surface area contributed by atoms with E-state index in [1.54, 1.807) is 20.1 Å². The molecule has 6 heteroatoms. The maximum Gasteiger partial charge on any atom is 0.270 e. The van der Waals surface area contributed by atoms with Gasteiger partial charge in [0, 0.05) is 24.7 Å². The van der Waals surface area contributed by atoms with Gasteiger partial charge in [-0.1, -0.05) is 48.5 Å². The SMILES string of the molecule is COc1ccccc1CNc1cc(C(=O)NCCc2ccccc2)nc(C)n1. The minimum atomic E-state index is -0.207. The number of carbonyl (C=O) groups is 1. The third-order valence-corrected chi connectivity index (χ3v) is 4.27. The summed E-state index contributed by atoms with van der Waals surface area (Å²) in [6.07, 6.45) is 0.773.